The Balaban J connectivity index is 1.46. The van der Waals surface area contributed by atoms with Crippen LogP contribution >= 0.6 is 0 Å². The van der Waals surface area contributed by atoms with Crippen molar-refractivity contribution in [2.24, 2.45) is 0 Å². The summed E-state index contributed by atoms with van der Waals surface area (Å²) < 4.78 is 5.76. The predicted molar refractivity (Wildman–Crippen MR) is 99.8 cm³/mol. The number of ether oxygens (including phenoxy) is 1. The first kappa shape index (κ1) is 17.5. The van der Waals surface area contributed by atoms with Crippen LogP contribution in [0.15, 0.2) is 54.6 Å². The minimum atomic E-state index is 0.0276. The first-order chi connectivity index (χ1) is 12.3. The molecule has 25 heavy (non-hydrogen) atoms. The van der Waals surface area contributed by atoms with E-state index in [2.05, 4.69) is 15.5 Å². The number of benzene rings is 2. The molecular weight excluding hydrogens is 314 g/mol. The van der Waals surface area contributed by atoms with Gasteiger partial charge in [-0.05, 0) is 49.3 Å². The number of amides is 1. The quantitative estimate of drug-likeness (QED) is 0.849. The molecule has 0 aliphatic carbocycles. The first-order valence-corrected chi connectivity index (χ1v) is 8.79. The van der Waals surface area contributed by atoms with E-state index in [9.17, 15) is 4.79 Å². The molecule has 1 saturated heterocycles. The molecule has 0 unspecified atom stereocenters. The van der Waals surface area contributed by atoms with Crippen molar-refractivity contribution in [1.29, 1.82) is 0 Å². The van der Waals surface area contributed by atoms with Crippen LogP contribution in [0.3, 0.4) is 0 Å². The van der Waals surface area contributed by atoms with E-state index < -0.39 is 0 Å². The molecule has 1 aliphatic heterocycles. The average molecular weight is 339 g/mol. The summed E-state index contributed by atoms with van der Waals surface area (Å²) in [5, 5.41) is 6.30. The molecule has 1 aliphatic rings. The third-order valence-corrected chi connectivity index (χ3v) is 4.19. The molecular formula is C20H25N3O2. The molecule has 1 fully saturated rings. The van der Waals surface area contributed by atoms with Gasteiger partial charge in [0.05, 0.1) is 6.54 Å². The van der Waals surface area contributed by atoms with Crippen LogP contribution in [0.5, 0.6) is 5.75 Å². The zero-order valence-corrected chi connectivity index (χ0v) is 14.4. The lowest BCUT2D eigenvalue weighted by Gasteiger charge is -2.18. The summed E-state index contributed by atoms with van der Waals surface area (Å²) in [6.07, 6.45) is 1.08. The highest BCUT2D eigenvalue weighted by Crippen LogP contribution is 2.17. The summed E-state index contributed by atoms with van der Waals surface area (Å²) in [4.78, 5) is 14.4. The third kappa shape index (κ3) is 5.89. The van der Waals surface area contributed by atoms with Crippen LogP contribution in [-0.2, 0) is 11.4 Å². The lowest BCUT2D eigenvalue weighted by atomic mass is 10.2. The van der Waals surface area contributed by atoms with Crippen molar-refractivity contribution in [3.05, 3.63) is 60.2 Å². The Bertz CT molecular complexity index is 650. The molecule has 2 aromatic carbocycles. The van der Waals surface area contributed by atoms with E-state index in [4.69, 9.17) is 4.74 Å². The lowest BCUT2D eigenvalue weighted by Crippen LogP contribution is -2.35. The number of carbonyl (C=O) groups is 1. The number of hydrogen-bond acceptors (Lipinski definition) is 4. The monoisotopic (exact) mass is 339 g/mol. The smallest absolute Gasteiger partial charge is 0.238 e. The van der Waals surface area contributed by atoms with Crippen LogP contribution in [0.2, 0.25) is 0 Å². The second-order valence-electron chi connectivity index (χ2n) is 6.23. The molecule has 5 heteroatoms. The number of rotatable bonds is 6. The van der Waals surface area contributed by atoms with Crippen LogP contribution in [0.4, 0.5) is 5.69 Å². The molecule has 0 aromatic heterocycles. The van der Waals surface area contributed by atoms with Gasteiger partial charge in [-0.1, -0.05) is 30.3 Å². The summed E-state index contributed by atoms with van der Waals surface area (Å²) in [5.74, 6) is 0.820. The molecule has 2 aromatic rings. The van der Waals surface area contributed by atoms with E-state index in [1.54, 1.807) is 0 Å². The van der Waals surface area contributed by atoms with Crippen LogP contribution in [0.1, 0.15) is 12.0 Å². The highest BCUT2D eigenvalue weighted by Gasteiger charge is 2.12. The highest BCUT2D eigenvalue weighted by molar-refractivity contribution is 5.92. The topological polar surface area (TPSA) is 53.6 Å². The van der Waals surface area contributed by atoms with Gasteiger partial charge in [-0.3, -0.25) is 9.69 Å². The van der Waals surface area contributed by atoms with Crippen LogP contribution in [0.25, 0.3) is 0 Å². The summed E-state index contributed by atoms with van der Waals surface area (Å²) in [7, 11) is 0. The van der Waals surface area contributed by atoms with Crippen molar-refractivity contribution >= 4 is 11.6 Å². The number of nitrogens with zero attached hydrogens (tertiary/aromatic N) is 1. The van der Waals surface area contributed by atoms with Gasteiger partial charge in [-0.2, -0.15) is 0 Å². The fourth-order valence-corrected chi connectivity index (χ4v) is 2.84. The van der Waals surface area contributed by atoms with Gasteiger partial charge in [-0.25, -0.2) is 0 Å². The van der Waals surface area contributed by atoms with Crippen LogP contribution < -0.4 is 15.4 Å². The zero-order chi connectivity index (χ0) is 17.3. The number of nitrogens with one attached hydrogen (secondary N) is 2. The molecule has 0 bridgehead atoms. The Morgan fingerprint density at radius 1 is 1.04 bits per heavy atom. The van der Waals surface area contributed by atoms with Gasteiger partial charge < -0.3 is 15.4 Å². The van der Waals surface area contributed by atoms with Gasteiger partial charge >= 0.3 is 0 Å². The molecule has 132 valence electrons. The number of hydrogen-bond donors (Lipinski definition) is 2. The van der Waals surface area contributed by atoms with Gasteiger partial charge in [0.2, 0.25) is 5.91 Å². The summed E-state index contributed by atoms with van der Waals surface area (Å²) in [6, 6.07) is 17.6. The molecule has 0 spiro atoms. The normalized spacial score (nSPS) is 15.4. The molecule has 1 heterocycles. The van der Waals surface area contributed by atoms with Crippen molar-refractivity contribution in [3.63, 3.8) is 0 Å². The SMILES string of the molecule is O=C(CN1CCCNCC1)Nc1ccc(OCc2ccccc2)cc1. The van der Waals surface area contributed by atoms with E-state index in [0.717, 1.165) is 49.6 Å². The molecule has 0 saturated carbocycles. The molecule has 1 amide bonds. The Morgan fingerprint density at radius 2 is 1.84 bits per heavy atom. The summed E-state index contributed by atoms with van der Waals surface area (Å²) >= 11 is 0. The van der Waals surface area contributed by atoms with Gasteiger partial charge in [0.25, 0.3) is 0 Å². The predicted octanol–water partition coefficient (Wildman–Crippen LogP) is 2.50. The van der Waals surface area contributed by atoms with Gasteiger partial charge in [0.15, 0.2) is 0 Å². The second kappa shape index (κ2) is 9.20. The average Bonchev–Trinajstić information content (AvgIpc) is 2.90. The summed E-state index contributed by atoms with van der Waals surface area (Å²) in [6.45, 7) is 4.83. The van der Waals surface area contributed by atoms with Crippen molar-refractivity contribution in [3.8, 4) is 5.75 Å². The Labute approximate surface area is 149 Å². The van der Waals surface area contributed by atoms with Crippen molar-refractivity contribution < 1.29 is 9.53 Å². The molecule has 2 N–H and O–H groups in total. The first-order valence-electron chi connectivity index (χ1n) is 8.79. The highest BCUT2D eigenvalue weighted by atomic mass is 16.5. The van der Waals surface area contributed by atoms with Crippen molar-refractivity contribution in [2.45, 2.75) is 13.0 Å². The zero-order valence-electron chi connectivity index (χ0n) is 14.4. The Morgan fingerprint density at radius 3 is 2.64 bits per heavy atom. The van der Waals surface area contributed by atoms with Crippen molar-refractivity contribution in [2.75, 3.05) is 38.0 Å². The fourth-order valence-electron chi connectivity index (χ4n) is 2.84. The maximum absolute atomic E-state index is 12.2. The minimum absolute atomic E-state index is 0.0276. The molecule has 5 nitrogen and oxygen atoms in total. The van der Waals surface area contributed by atoms with E-state index in [0.29, 0.717) is 13.2 Å². The second-order valence-corrected chi connectivity index (χ2v) is 6.23. The Kier molecular flexibility index (Phi) is 6.42. The molecule has 0 radical (unpaired) electrons. The third-order valence-electron chi connectivity index (χ3n) is 4.19. The fraction of sp³-hybridized carbons (Fsp3) is 0.350. The summed E-state index contributed by atoms with van der Waals surface area (Å²) in [5.41, 5.74) is 1.93. The number of carbonyl (C=O) groups excluding carboxylic acids is 1. The minimum Gasteiger partial charge on any atom is -0.489 e. The van der Waals surface area contributed by atoms with Crippen LogP contribution in [0, 0.1) is 0 Å². The molecule has 0 atom stereocenters. The van der Waals surface area contributed by atoms with Gasteiger partial charge in [0, 0.05) is 18.8 Å². The number of anilines is 1. The Hall–Kier alpha value is -2.37. The lowest BCUT2D eigenvalue weighted by molar-refractivity contribution is -0.117. The van der Waals surface area contributed by atoms with Crippen molar-refractivity contribution in [1.82, 2.24) is 10.2 Å². The van der Waals surface area contributed by atoms with E-state index in [1.807, 2.05) is 54.6 Å². The standard InChI is InChI=1S/C20H25N3O2/c24-20(15-23-13-4-11-21-12-14-23)22-18-7-9-19(10-8-18)25-16-17-5-2-1-3-6-17/h1-3,5-10,21H,4,11-16H2,(H,22,24). The van der Waals surface area contributed by atoms with Gasteiger partial charge in [0.1, 0.15) is 12.4 Å². The van der Waals surface area contributed by atoms with E-state index in [-0.39, 0.29) is 5.91 Å². The maximum atomic E-state index is 12.2. The molecule has 3 rings (SSSR count). The van der Waals surface area contributed by atoms with Crippen LogP contribution in [-0.4, -0.2) is 43.5 Å². The van der Waals surface area contributed by atoms with E-state index in [1.165, 1.54) is 0 Å². The largest absolute Gasteiger partial charge is 0.489 e. The maximum Gasteiger partial charge on any atom is 0.238 e. The van der Waals surface area contributed by atoms with E-state index >= 15 is 0 Å². The van der Waals surface area contributed by atoms with Gasteiger partial charge in [-0.15, -0.1) is 0 Å².